The number of aliphatic hydroxyl groups is 1. The van der Waals surface area contributed by atoms with Crippen LogP contribution in [-0.2, 0) is 0 Å². The molecule has 0 spiro atoms. The normalized spacial score (nSPS) is 19.1. The van der Waals surface area contributed by atoms with Crippen LogP contribution in [0.1, 0.15) is 44.3 Å². The van der Waals surface area contributed by atoms with Crippen molar-refractivity contribution in [3.05, 3.63) is 30.1 Å². The van der Waals surface area contributed by atoms with Gasteiger partial charge in [0.2, 0.25) is 0 Å². The molecule has 0 amide bonds. The van der Waals surface area contributed by atoms with Crippen molar-refractivity contribution < 1.29 is 5.11 Å². The summed E-state index contributed by atoms with van der Waals surface area (Å²) in [6, 6.07) is 6.26. The van der Waals surface area contributed by atoms with Crippen LogP contribution in [0.15, 0.2) is 24.4 Å². The number of nitrogens with zero attached hydrogens (tertiary/aromatic N) is 2. The zero-order valence-electron chi connectivity index (χ0n) is 12.5. The number of hydrogen-bond donors (Lipinski definition) is 2. The van der Waals surface area contributed by atoms with E-state index >= 15 is 0 Å². The first-order chi connectivity index (χ1) is 9.79. The van der Waals surface area contributed by atoms with E-state index in [9.17, 15) is 5.11 Å². The average Bonchev–Trinajstić information content (AvgIpc) is 2.97. The lowest BCUT2D eigenvalue weighted by Crippen LogP contribution is -2.38. The van der Waals surface area contributed by atoms with Crippen LogP contribution in [0.2, 0.25) is 0 Å². The summed E-state index contributed by atoms with van der Waals surface area (Å²) in [6.45, 7) is 5.87. The Labute approximate surface area is 122 Å². The maximum Gasteiger partial charge on any atom is 0.0791 e. The standard InChI is InChI=1S/C16H27N3O/c1-2-7-15(16-8-3-4-9-17-16)18-12-14(20)13-19-10-5-6-11-19/h3-4,8-9,14-15,18,20H,2,5-7,10-13H2,1H3. The summed E-state index contributed by atoms with van der Waals surface area (Å²) in [5, 5.41) is 13.6. The second-order valence-electron chi connectivity index (χ2n) is 5.67. The molecule has 1 fully saturated rings. The molecule has 1 aliphatic heterocycles. The Balaban J connectivity index is 1.79. The molecule has 0 saturated carbocycles. The van der Waals surface area contributed by atoms with Gasteiger partial charge in [-0.3, -0.25) is 4.98 Å². The summed E-state index contributed by atoms with van der Waals surface area (Å²) < 4.78 is 0. The van der Waals surface area contributed by atoms with E-state index in [4.69, 9.17) is 0 Å². The van der Waals surface area contributed by atoms with Crippen LogP contribution in [0.3, 0.4) is 0 Å². The highest BCUT2D eigenvalue weighted by molar-refractivity contribution is 5.08. The molecule has 0 radical (unpaired) electrons. The molecule has 1 aromatic heterocycles. The van der Waals surface area contributed by atoms with Gasteiger partial charge in [-0.1, -0.05) is 19.4 Å². The van der Waals surface area contributed by atoms with Gasteiger partial charge >= 0.3 is 0 Å². The van der Waals surface area contributed by atoms with Gasteiger partial charge in [0.15, 0.2) is 0 Å². The number of likely N-dealkylation sites (tertiary alicyclic amines) is 1. The van der Waals surface area contributed by atoms with Crippen LogP contribution in [-0.4, -0.2) is 47.3 Å². The van der Waals surface area contributed by atoms with Crippen molar-refractivity contribution >= 4 is 0 Å². The molecule has 2 N–H and O–H groups in total. The molecule has 2 atom stereocenters. The second-order valence-corrected chi connectivity index (χ2v) is 5.67. The van der Waals surface area contributed by atoms with Gasteiger partial charge in [0.05, 0.1) is 11.8 Å². The topological polar surface area (TPSA) is 48.4 Å². The fourth-order valence-corrected chi connectivity index (χ4v) is 2.83. The molecule has 2 heterocycles. The Morgan fingerprint density at radius 1 is 1.35 bits per heavy atom. The van der Waals surface area contributed by atoms with E-state index in [1.165, 1.54) is 12.8 Å². The molecule has 1 saturated heterocycles. The van der Waals surface area contributed by atoms with Gasteiger partial charge in [-0.25, -0.2) is 0 Å². The smallest absolute Gasteiger partial charge is 0.0791 e. The van der Waals surface area contributed by atoms with E-state index < -0.39 is 0 Å². The summed E-state index contributed by atoms with van der Waals surface area (Å²) in [5.41, 5.74) is 1.07. The maximum atomic E-state index is 10.1. The van der Waals surface area contributed by atoms with E-state index in [0.29, 0.717) is 6.54 Å². The molecule has 0 aromatic carbocycles. The Hall–Kier alpha value is -0.970. The van der Waals surface area contributed by atoms with E-state index in [1.807, 2.05) is 18.3 Å². The van der Waals surface area contributed by atoms with Crippen molar-refractivity contribution in [2.24, 2.45) is 0 Å². The van der Waals surface area contributed by atoms with E-state index in [-0.39, 0.29) is 12.1 Å². The number of rotatable bonds is 8. The Morgan fingerprint density at radius 3 is 2.80 bits per heavy atom. The first-order valence-electron chi connectivity index (χ1n) is 7.84. The lowest BCUT2D eigenvalue weighted by molar-refractivity contribution is 0.119. The van der Waals surface area contributed by atoms with Crippen molar-refractivity contribution in [1.82, 2.24) is 15.2 Å². The zero-order valence-corrected chi connectivity index (χ0v) is 12.5. The molecule has 1 aliphatic rings. The zero-order chi connectivity index (χ0) is 14.2. The number of nitrogens with one attached hydrogen (secondary N) is 1. The van der Waals surface area contributed by atoms with Gasteiger partial charge in [0, 0.05) is 25.3 Å². The van der Waals surface area contributed by atoms with Crippen LogP contribution < -0.4 is 5.32 Å². The molecule has 2 unspecified atom stereocenters. The molecule has 112 valence electrons. The first kappa shape index (κ1) is 15.4. The third-order valence-corrected chi connectivity index (χ3v) is 3.89. The van der Waals surface area contributed by atoms with Gasteiger partial charge < -0.3 is 15.3 Å². The van der Waals surface area contributed by atoms with Crippen molar-refractivity contribution in [2.75, 3.05) is 26.2 Å². The minimum atomic E-state index is -0.295. The highest BCUT2D eigenvalue weighted by Gasteiger charge is 2.17. The van der Waals surface area contributed by atoms with Crippen molar-refractivity contribution in [3.63, 3.8) is 0 Å². The predicted octanol–water partition coefficient (Wildman–Crippen LogP) is 1.97. The summed E-state index contributed by atoms with van der Waals surface area (Å²) in [6.07, 6.45) is 6.24. The van der Waals surface area contributed by atoms with Crippen LogP contribution >= 0.6 is 0 Å². The highest BCUT2D eigenvalue weighted by atomic mass is 16.3. The lowest BCUT2D eigenvalue weighted by atomic mass is 10.1. The minimum Gasteiger partial charge on any atom is -0.390 e. The van der Waals surface area contributed by atoms with Crippen LogP contribution in [0.5, 0.6) is 0 Å². The summed E-state index contributed by atoms with van der Waals surface area (Å²) in [4.78, 5) is 6.77. The Kier molecular flexibility index (Phi) is 6.43. The van der Waals surface area contributed by atoms with Gasteiger partial charge in [0.1, 0.15) is 0 Å². The molecule has 4 nitrogen and oxygen atoms in total. The molecule has 20 heavy (non-hydrogen) atoms. The average molecular weight is 277 g/mol. The largest absolute Gasteiger partial charge is 0.390 e. The third kappa shape index (κ3) is 4.85. The van der Waals surface area contributed by atoms with Crippen molar-refractivity contribution in [1.29, 1.82) is 0 Å². The number of hydrogen-bond acceptors (Lipinski definition) is 4. The molecule has 1 aromatic rings. The third-order valence-electron chi connectivity index (χ3n) is 3.89. The van der Waals surface area contributed by atoms with Crippen LogP contribution in [0.25, 0.3) is 0 Å². The molecule has 0 bridgehead atoms. The van der Waals surface area contributed by atoms with Crippen molar-refractivity contribution in [3.8, 4) is 0 Å². The molecular weight excluding hydrogens is 250 g/mol. The van der Waals surface area contributed by atoms with Crippen molar-refractivity contribution in [2.45, 2.75) is 44.8 Å². The Bertz CT molecular complexity index is 365. The van der Waals surface area contributed by atoms with E-state index in [2.05, 4.69) is 28.2 Å². The Morgan fingerprint density at radius 2 is 2.15 bits per heavy atom. The molecule has 0 aliphatic carbocycles. The fourth-order valence-electron chi connectivity index (χ4n) is 2.83. The first-order valence-corrected chi connectivity index (χ1v) is 7.84. The number of β-amino-alcohol motifs (C(OH)–C–C–N with tert-alkyl or cyclic N) is 1. The molecule has 4 heteroatoms. The van der Waals surface area contributed by atoms with Gasteiger partial charge in [-0.15, -0.1) is 0 Å². The quantitative estimate of drug-likeness (QED) is 0.763. The number of aliphatic hydroxyl groups excluding tert-OH is 1. The second kappa shape index (κ2) is 8.35. The maximum absolute atomic E-state index is 10.1. The van der Waals surface area contributed by atoms with Gasteiger partial charge in [-0.2, -0.15) is 0 Å². The molecular formula is C16H27N3O. The van der Waals surface area contributed by atoms with Gasteiger partial charge in [0.25, 0.3) is 0 Å². The van der Waals surface area contributed by atoms with Gasteiger partial charge in [-0.05, 0) is 44.5 Å². The van der Waals surface area contributed by atoms with Crippen LogP contribution in [0.4, 0.5) is 0 Å². The number of pyridine rings is 1. The molecule has 2 rings (SSSR count). The predicted molar refractivity (Wildman–Crippen MR) is 81.6 cm³/mol. The van der Waals surface area contributed by atoms with E-state index in [0.717, 1.165) is 38.2 Å². The fraction of sp³-hybridized carbons (Fsp3) is 0.688. The lowest BCUT2D eigenvalue weighted by Gasteiger charge is -2.23. The minimum absolute atomic E-state index is 0.245. The SMILES string of the molecule is CCCC(NCC(O)CN1CCCC1)c1ccccn1. The summed E-state index contributed by atoms with van der Waals surface area (Å²) in [5.74, 6) is 0. The van der Waals surface area contributed by atoms with Crippen LogP contribution in [0, 0.1) is 0 Å². The summed E-state index contributed by atoms with van der Waals surface area (Å²) in [7, 11) is 0. The summed E-state index contributed by atoms with van der Waals surface area (Å²) >= 11 is 0. The highest BCUT2D eigenvalue weighted by Crippen LogP contribution is 2.16. The van der Waals surface area contributed by atoms with E-state index in [1.54, 1.807) is 0 Å². The monoisotopic (exact) mass is 277 g/mol. The number of aromatic nitrogens is 1.